The SMILES string of the molecule is N.O=S(=O)(Nc1ccccc1)C(F)(F)F. The molecule has 0 atom stereocenters. The van der Waals surface area contributed by atoms with E-state index in [4.69, 9.17) is 0 Å². The molecule has 4 N–H and O–H groups in total. The molecule has 86 valence electrons. The summed E-state index contributed by atoms with van der Waals surface area (Å²) < 4.78 is 58.2. The van der Waals surface area contributed by atoms with Crippen LogP contribution in [0.2, 0.25) is 0 Å². The molecule has 8 heteroatoms. The van der Waals surface area contributed by atoms with Crippen molar-refractivity contribution in [3.63, 3.8) is 0 Å². The van der Waals surface area contributed by atoms with Crippen LogP contribution in [0.4, 0.5) is 18.9 Å². The van der Waals surface area contributed by atoms with Crippen molar-refractivity contribution in [1.29, 1.82) is 0 Å². The standard InChI is InChI=1S/C7H6F3NO2S.H3N/c8-7(9,10)14(12,13)11-6-4-2-1-3-5-6;/h1-5,11H;1H3. The van der Waals surface area contributed by atoms with E-state index in [1.165, 1.54) is 29.0 Å². The van der Waals surface area contributed by atoms with Crippen LogP contribution in [-0.2, 0) is 10.0 Å². The number of hydrogen-bond donors (Lipinski definition) is 2. The third kappa shape index (κ3) is 3.40. The second-order valence-electron chi connectivity index (χ2n) is 2.42. The maximum atomic E-state index is 11.9. The van der Waals surface area contributed by atoms with Gasteiger partial charge in [0.15, 0.2) is 0 Å². The van der Waals surface area contributed by atoms with Gasteiger partial charge in [-0.15, -0.1) is 0 Å². The maximum Gasteiger partial charge on any atom is 0.516 e. The number of alkyl halides is 3. The van der Waals surface area contributed by atoms with E-state index in [0.717, 1.165) is 0 Å². The molecular weight excluding hydrogens is 233 g/mol. The van der Waals surface area contributed by atoms with Crippen LogP contribution in [0.1, 0.15) is 0 Å². The van der Waals surface area contributed by atoms with Crippen LogP contribution in [0.5, 0.6) is 0 Å². The summed E-state index contributed by atoms with van der Waals surface area (Å²) in [5, 5.41) is 0. The van der Waals surface area contributed by atoms with Crippen molar-refractivity contribution >= 4 is 15.7 Å². The van der Waals surface area contributed by atoms with Crippen LogP contribution in [0, 0.1) is 0 Å². The van der Waals surface area contributed by atoms with Gasteiger partial charge >= 0.3 is 15.5 Å². The fourth-order valence-electron chi connectivity index (χ4n) is 0.719. The van der Waals surface area contributed by atoms with Crippen molar-refractivity contribution in [2.45, 2.75) is 5.51 Å². The van der Waals surface area contributed by atoms with Crippen molar-refractivity contribution in [3.05, 3.63) is 30.3 Å². The number of benzene rings is 1. The maximum absolute atomic E-state index is 11.9. The minimum Gasteiger partial charge on any atom is -0.344 e. The minimum absolute atomic E-state index is 0. The van der Waals surface area contributed by atoms with Crippen molar-refractivity contribution in [1.82, 2.24) is 6.15 Å². The quantitative estimate of drug-likeness (QED) is 0.833. The predicted octanol–water partition coefficient (Wildman–Crippen LogP) is 2.11. The molecule has 0 aliphatic carbocycles. The first-order valence-electron chi connectivity index (χ1n) is 3.47. The van der Waals surface area contributed by atoms with E-state index >= 15 is 0 Å². The lowest BCUT2D eigenvalue weighted by atomic mass is 10.3. The number of nitrogens with one attached hydrogen (secondary N) is 1. The van der Waals surface area contributed by atoms with E-state index in [1.54, 1.807) is 6.07 Å². The zero-order chi connectivity index (χ0) is 10.8. The molecule has 0 amide bonds. The highest BCUT2D eigenvalue weighted by Crippen LogP contribution is 2.24. The second kappa shape index (κ2) is 4.49. The Kier molecular flexibility index (Phi) is 4.11. The van der Waals surface area contributed by atoms with Gasteiger partial charge in [-0.25, -0.2) is 0 Å². The van der Waals surface area contributed by atoms with Gasteiger partial charge in [0.25, 0.3) is 0 Å². The first-order chi connectivity index (χ1) is 6.33. The normalized spacial score (nSPS) is 11.7. The Morgan fingerprint density at radius 3 is 1.93 bits per heavy atom. The van der Waals surface area contributed by atoms with Gasteiger partial charge in [0.2, 0.25) is 0 Å². The Labute approximate surface area is 84.7 Å². The summed E-state index contributed by atoms with van der Waals surface area (Å²) in [7, 11) is -5.30. The van der Waals surface area contributed by atoms with Gasteiger partial charge in [0.1, 0.15) is 0 Å². The Morgan fingerprint density at radius 1 is 1.07 bits per heavy atom. The topological polar surface area (TPSA) is 81.2 Å². The van der Waals surface area contributed by atoms with Crippen LogP contribution in [0.3, 0.4) is 0 Å². The van der Waals surface area contributed by atoms with Crippen LogP contribution in [0.25, 0.3) is 0 Å². The monoisotopic (exact) mass is 242 g/mol. The summed E-state index contributed by atoms with van der Waals surface area (Å²) in [5.74, 6) is 0. The summed E-state index contributed by atoms with van der Waals surface area (Å²) in [6.45, 7) is 0. The molecule has 1 aromatic rings. The molecule has 0 saturated carbocycles. The number of hydrogen-bond acceptors (Lipinski definition) is 3. The molecule has 1 aromatic carbocycles. The number of halogens is 3. The number of para-hydroxylation sites is 1. The second-order valence-corrected chi connectivity index (χ2v) is 4.09. The highest BCUT2D eigenvalue weighted by atomic mass is 32.2. The third-order valence-electron chi connectivity index (χ3n) is 1.33. The zero-order valence-electron chi connectivity index (χ0n) is 7.45. The number of anilines is 1. The molecular formula is C7H9F3N2O2S. The fraction of sp³-hybridized carbons (Fsp3) is 0.143. The molecule has 15 heavy (non-hydrogen) atoms. The molecule has 0 bridgehead atoms. The lowest BCUT2D eigenvalue weighted by molar-refractivity contribution is -0.0429. The molecule has 0 aromatic heterocycles. The predicted molar refractivity (Wildman–Crippen MR) is 50.1 cm³/mol. The lowest BCUT2D eigenvalue weighted by Crippen LogP contribution is -2.29. The smallest absolute Gasteiger partial charge is 0.344 e. The van der Waals surface area contributed by atoms with E-state index < -0.39 is 15.5 Å². The average molecular weight is 242 g/mol. The third-order valence-corrected chi connectivity index (χ3v) is 2.44. The van der Waals surface area contributed by atoms with Crippen molar-refractivity contribution < 1.29 is 21.6 Å². The molecule has 4 nitrogen and oxygen atoms in total. The molecule has 0 aliphatic heterocycles. The summed E-state index contributed by atoms with van der Waals surface area (Å²) >= 11 is 0. The van der Waals surface area contributed by atoms with E-state index in [-0.39, 0.29) is 11.8 Å². The molecule has 0 spiro atoms. The van der Waals surface area contributed by atoms with Gasteiger partial charge in [-0.2, -0.15) is 21.6 Å². The van der Waals surface area contributed by atoms with Gasteiger partial charge in [0, 0.05) is 5.69 Å². The summed E-state index contributed by atoms with van der Waals surface area (Å²) in [4.78, 5) is 0. The zero-order valence-corrected chi connectivity index (χ0v) is 8.27. The molecule has 0 radical (unpaired) electrons. The first-order valence-corrected chi connectivity index (χ1v) is 4.95. The van der Waals surface area contributed by atoms with Crippen LogP contribution >= 0.6 is 0 Å². The molecule has 0 fully saturated rings. The highest BCUT2D eigenvalue weighted by molar-refractivity contribution is 7.93. The average Bonchev–Trinajstić information content (AvgIpc) is 2.03. The van der Waals surface area contributed by atoms with Gasteiger partial charge in [-0.1, -0.05) is 18.2 Å². The lowest BCUT2D eigenvalue weighted by Gasteiger charge is -2.09. The van der Waals surface area contributed by atoms with Crippen LogP contribution in [-0.4, -0.2) is 13.9 Å². The number of rotatable bonds is 2. The van der Waals surface area contributed by atoms with Crippen LogP contribution < -0.4 is 10.9 Å². The van der Waals surface area contributed by atoms with Gasteiger partial charge in [-0.3, -0.25) is 4.72 Å². The summed E-state index contributed by atoms with van der Waals surface area (Å²) in [5.41, 5.74) is -5.41. The Morgan fingerprint density at radius 2 is 1.53 bits per heavy atom. The van der Waals surface area contributed by atoms with E-state index in [1.807, 2.05) is 0 Å². The fourth-order valence-corrected chi connectivity index (χ4v) is 1.28. The minimum atomic E-state index is -5.30. The van der Waals surface area contributed by atoms with E-state index in [2.05, 4.69) is 0 Å². The van der Waals surface area contributed by atoms with Crippen LogP contribution in [0.15, 0.2) is 30.3 Å². The largest absolute Gasteiger partial charge is 0.516 e. The molecule has 0 heterocycles. The Hall–Kier alpha value is -1.28. The van der Waals surface area contributed by atoms with Gasteiger partial charge in [-0.05, 0) is 12.1 Å². The highest BCUT2D eigenvalue weighted by Gasteiger charge is 2.45. The molecule has 0 unspecified atom stereocenters. The van der Waals surface area contributed by atoms with Crippen molar-refractivity contribution in [3.8, 4) is 0 Å². The van der Waals surface area contributed by atoms with Crippen molar-refractivity contribution in [2.75, 3.05) is 4.72 Å². The molecule has 0 saturated heterocycles. The summed E-state index contributed by atoms with van der Waals surface area (Å²) in [6.07, 6.45) is 0. The van der Waals surface area contributed by atoms with E-state index in [0.29, 0.717) is 0 Å². The summed E-state index contributed by atoms with van der Waals surface area (Å²) in [6, 6.07) is 6.86. The van der Waals surface area contributed by atoms with Crippen molar-refractivity contribution in [2.24, 2.45) is 0 Å². The molecule has 0 aliphatic rings. The Balaban J connectivity index is 0.00000196. The van der Waals surface area contributed by atoms with Gasteiger partial charge in [0.05, 0.1) is 0 Å². The number of sulfonamides is 1. The first kappa shape index (κ1) is 13.7. The molecule has 1 rings (SSSR count). The van der Waals surface area contributed by atoms with Gasteiger partial charge < -0.3 is 6.15 Å². The Bertz CT molecular complexity index is 402. The van der Waals surface area contributed by atoms with E-state index in [9.17, 15) is 21.6 Å².